The fourth-order valence-electron chi connectivity index (χ4n) is 8.27. The van der Waals surface area contributed by atoms with Crippen molar-refractivity contribution >= 4 is 41.5 Å². The molecule has 1 aliphatic heterocycles. The molecule has 4 aromatic rings. The van der Waals surface area contributed by atoms with Crippen molar-refractivity contribution in [2.24, 2.45) is 5.92 Å². The van der Waals surface area contributed by atoms with Gasteiger partial charge in [0, 0.05) is 32.4 Å². The summed E-state index contributed by atoms with van der Waals surface area (Å²) in [6, 6.07) is 33.3. The first kappa shape index (κ1) is 52.9. The van der Waals surface area contributed by atoms with E-state index < -0.39 is 76.8 Å². The first-order chi connectivity index (χ1) is 33.0. The molecular weight excluding hydrogens is 875 g/mol. The Balaban J connectivity index is 1.44. The number of amides is 7. The van der Waals surface area contributed by atoms with Crippen molar-refractivity contribution in [3.8, 4) is 0 Å². The summed E-state index contributed by atoms with van der Waals surface area (Å²) >= 11 is 0. The molecule has 15 heteroatoms. The fraction of sp³-hybridized carbons (Fsp3) is 0.426. The van der Waals surface area contributed by atoms with E-state index in [-0.39, 0.29) is 64.0 Å². The van der Waals surface area contributed by atoms with Crippen LogP contribution >= 0.6 is 0 Å². The van der Waals surface area contributed by atoms with Crippen molar-refractivity contribution in [2.75, 3.05) is 13.1 Å². The lowest BCUT2D eigenvalue weighted by atomic mass is 9.77. The molecule has 7 N–H and O–H groups in total. The molecule has 0 bridgehead atoms. The highest BCUT2D eigenvalue weighted by Gasteiger charge is 2.39. The van der Waals surface area contributed by atoms with Gasteiger partial charge < -0.3 is 42.0 Å². The molecule has 1 saturated heterocycles. The van der Waals surface area contributed by atoms with E-state index in [9.17, 15) is 33.6 Å². The maximum Gasteiger partial charge on any atom is 0.407 e. The Hall–Kier alpha value is -7.03. The topological polar surface area (TPSA) is 213 Å². The number of ether oxygens (including phenoxy) is 1. The molecule has 5 rings (SSSR count). The van der Waals surface area contributed by atoms with Crippen LogP contribution in [0, 0.1) is 5.92 Å². The lowest BCUT2D eigenvalue weighted by Crippen LogP contribution is -2.58. The van der Waals surface area contributed by atoms with Crippen LogP contribution in [0.4, 0.5) is 4.79 Å². The Labute approximate surface area is 406 Å². The largest absolute Gasteiger partial charge is 0.444 e. The van der Waals surface area contributed by atoms with Crippen molar-refractivity contribution in [3.63, 3.8) is 0 Å². The second kappa shape index (κ2) is 25.9. The Morgan fingerprint density at radius 3 is 1.65 bits per heavy atom. The SMILES string of the molecule is CC(C)CC1NC(=O)C(CCC(=O)NC(c2ccccc2)(c2ccccc2)c2ccccc2)NC(=O)[C@H](Cc2ccccc2)NC(=O)CCCNC(=O)C(CCCCNC(=O)OC(C)(C)C)NC1=O. The van der Waals surface area contributed by atoms with Gasteiger partial charge in [0.15, 0.2) is 0 Å². The number of nitrogens with one attached hydrogen (secondary N) is 7. The molecule has 3 unspecified atom stereocenters. The van der Waals surface area contributed by atoms with Crippen LogP contribution < -0.4 is 37.2 Å². The van der Waals surface area contributed by atoms with Gasteiger partial charge in [-0.05, 0) is 87.5 Å². The first-order valence-electron chi connectivity index (χ1n) is 24.0. The third kappa shape index (κ3) is 16.6. The summed E-state index contributed by atoms with van der Waals surface area (Å²) in [6.07, 6.45) is 0.661. The summed E-state index contributed by atoms with van der Waals surface area (Å²) in [5.41, 5.74) is 1.35. The van der Waals surface area contributed by atoms with Crippen molar-refractivity contribution in [1.82, 2.24) is 37.2 Å². The Morgan fingerprint density at radius 1 is 0.623 bits per heavy atom. The van der Waals surface area contributed by atoms with E-state index in [4.69, 9.17) is 4.74 Å². The molecule has 7 amide bonds. The number of hydrogen-bond acceptors (Lipinski definition) is 8. The molecular formula is C54H69N7O8. The van der Waals surface area contributed by atoms with Crippen LogP contribution in [0.1, 0.15) is 108 Å². The van der Waals surface area contributed by atoms with Gasteiger partial charge >= 0.3 is 6.09 Å². The highest BCUT2D eigenvalue weighted by Crippen LogP contribution is 2.37. The van der Waals surface area contributed by atoms with Gasteiger partial charge in [0.25, 0.3) is 0 Å². The van der Waals surface area contributed by atoms with Crippen LogP contribution in [0.5, 0.6) is 0 Å². The highest BCUT2D eigenvalue weighted by molar-refractivity contribution is 5.96. The number of carbonyl (C=O) groups excluding carboxylic acids is 7. The van der Waals surface area contributed by atoms with Crippen LogP contribution in [-0.4, -0.2) is 84.4 Å². The average molecular weight is 944 g/mol. The molecule has 0 saturated carbocycles. The smallest absolute Gasteiger partial charge is 0.407 e. The van der Waals surface area contributed by atoms with Gasteiger partial charge in [-0.1, -0.05) is 135 Å². The third-order valence-corrected chi connectivity index (χ3v) is 11.6. The molecule has 15 nitrogen and oxygen atoms in total. The van der Waals surface area contributed by atoms with E-state index in [0.717, 1.165) is 22.3 Å². The summed E-state index contributed by atoms with van der Waals surface area (Å²) in [5, 5.41) is 20.2. The normalized spacial score (nSPS) is 18.9. The predicted octanol–water partition coefficient (Wildman–Crippen LogP) is 5.71. The lowest BCUT2D eigenvalue weighted by molar-refractivity contribution is -0.135. The average Bonchev–Trinajstić information content (AvgIpc) is 3.32. The third-order valence-electron chi connectivity index (χ3n) is 11.6. The maximum absolute atomic E-state index is 14.6. The minimum Gasteiger partial charge on any atom is -0.444 e. The number of unbranched alkanes of at least 4 members (excludes halogenated alkanes) is 1. The summed E-state index contributed by atoms with van der Waals surface area (Å²) in [6.45, 7) is 9.47. The van der Waals surface area contributed by atoms with Gasteiger partial charge in [-0.25, -0.2) is 4.79 Å². The van der Waals surface area contributed by atoms with Gasteiger partial charge in [0.05, 0.1) is 0 Å². The van der Waals surface area contributed by atoms with Crippen LogP contribution in [0.15, 0.2) is 121 Å². The summed E-state index contributed by atoms with van der Waals surface area (Å²) in [7, 11) is 0. The van der Waals surface area contributed by atoms with Crippen LogP contribution in [0.25, 0.3) is 0 Å². The Morgan fingerprint density at radius 2 is 1.12 bits per heavy atom. The molecule has 1 aliphatic rings. The molecule has 4 atom stereocenters. The second-order valence-corrected chi connectivity index (χ2v) is 18.9. The maximum atomic E-state index is 14.6. The zero-order valence-electron chi connectivity index (χ0n) is 40.5. The molecule has 0 aromatic heterocycles. The first-order valence-corrected chi connectivity index (χ1v) is 24.0. The lowest BCUT2D eigenvalue weighted by Gasteiger charge is -2.37. The molecule has 69 heavy (non-hydrogen) atoms. The fourth-order valence-corrected chi connectivity index (χ4v) is 8.27. The van der Waals surface area contributed by atoms with E-state index in [1.165, 1.54) is 0 Å². The van der Waals surface area contributed by atoms with E-state index >= 15 is 0 Å². The standard InChI is InChI=1S/C54H69N7O8/c1-37(2)35-44-50(66)58-42(29-18-19-33-56-52(68)69-53(3,4)5)48(64)55-34-20-30-46(62)57-45(36-38-21-10-6-11-22-38)51(67)59-43(49(65)60-44)31-32-47(63)61-54(39-23-12-7-13-24-39,40-25-14-8-15-26-40)41-27-16-9-17-28-41/h6-17,21-28,37,42-45H,18-20,29-36H2,1-5H3,(H,55,64)(H,56,68)(H,57,62)(H,58,66)(H,59,67)(H,60,65)(H,61,63)/t42?,43?,44?,45-/m0/s1. The molecule has 0 aliphatic carbocycles. The van der Waals surface area contributed by atoms with Gasteiger partial charge in [-0.15, -0.1) is 0 Å². The molecule has 4 aromatic carbocycles. The molecule has 368 valence electrons. The molecule has 0 spiro atoms. The summed E-state index contributed by atoms with van der Waals surface area (Å²) < 4.78 is 5.31. The van der Waals surface area contributed by atoms with Crippen LogP contribution in [0.2, 0.25) is 0 Å². The zero-order chi connectivity index (χ0) is 49.8. The molecule has 1 fully saturated rings. The van der Waals surface area contributed by atoms with Gasteiger partial charge in [-0.3, -0.25) is 28.8 Å². The zero-order valence-corrected chi connectivity index (χ0v) is 40.5. The minimum atomic E-state index is -1.34. The monoisotopic (exact) mass is 944 g/mol. The predicted molar refractivity (Wildman–Crippen MR) is 264 cm³/mol. The van der Waals surface area contributed by atoms with E-state index in [1.54, 1.807) is 20.8 Å². The number of hydrogen-bond donors (Lipinski definition) is 7. The number of rotatable bonds is 16. The van der Waals surface area contributed by atoms with Crippen molar-refractivity contribution in [2.45, 2.75) is 128 Å². The van der Waals surface area contributed by atoms with E-state index in [1.807, 2.05) is 135 Å². The van der Waals surface area contributed by atoms with Crippen LogP contribution in [0.3, 0.4) is 0 Å². The van der Waals surface area contributed by atoms with Gasteiger partial charge in [0.1, 0.15) is 35.3 Å². The van der Waals surface area contributed by atoms with Crippen molar-refractivity contribution in [3.05, 3.63) is 144 Å². The van der Waals surface area contributed by atoms with Crippen molar-refractivity contribution < 1.29 is 38.3 Å². The van der Waals surface area contributed by atoms with Gasteiger partial charge in [0.2, 0.25) is 35.4 Å². The van der Waals surface area contributed by atoms with Crippen LogP contribution in [-0.2, 0) is 45.5 Å². The molecule has 1 heterocycles. The minimum absolute atomic E-state index is 0.0290. The quantitative estimate of drug-likeness (QED) is 0.0545. The Kier molecular flexibility index (Phi) is 19.9. The Bertz CT molecular complexity index is 2210. The number of alkyl carbamates (subject to hydrolysis) is 1. The summed E-state index contributed by atoms with van der Waals surface area (Å²) in [4.78, 5) is 97.1. The van der Waals surface area contributed by atoms with E-state index in [2.05, 4.69) is 37.2 Å². The molecule has 0 radical (unpaired) electrons. The number of benzene rings is 4. The second-order valence-electron chi connectivity index (χ2n) is 18.9. The van der Waals surface area contributed by atoms with E-state index in [0.29, 0.717) is 12.8 Å². The highest BCUT2D eigenvalue weighted by atomic mass is 16.6. The van der Waals surface area contributed by atoms with Gasteiger partial charge in [-0.2, -0.15) is 0 Å². The van der Waals surface area contributed by atoms with Crippen molar-refractivity contribution in [1.29, 1.82) is 0 Å². The number of carbonyl (C=O) groups is 7. The summed E-state index contributed by atoms with van der Waals surface area (Å²) in [5.74, 6) is -3.39.